The minimum Gasteiger partial charge on any atom is -0.478 e. The second kappa shape index (κ2) is 7.26. The van der Waals surface area contributed by atoms with Gasteiger partial charge in [0.15, 0.2) is 0 Å². The van der Waals surface area contributed by atoms with Crippen LogP contribution in [0.15, 0.2) is 24.3 Å². The molecule has 0 aliphatic rings. The van der Waals surface area contributed by atoms with E-state index in [1.165, 1.54) is 0 Å². The van der Waals surface area contributed by atoms with E-state index in [9.17, 15) is 4.79 Å². The minimum absolute atomic E-state index is 0.191. The van der Waals surface area contributed by atoms with Crippen molar-refractivity contribution in [2.24, 2.45) is 5.41 Å². The zero-order valence-corrected chi connectivity index (χ0v) is 11.9. The van der Waals surface area contributed by atoms with Crippen LogP contribution >= 0.6 is 0 Å². The summed E-state index contributed by atoms with van der Waals surface area (Å²) in [6, 6.07) is 6.96. The van der Waals surface area contributed by atoms with Crippen LogP contribution in [0.2, 0.25) is 0 Å². The van der Waals surface area contributed by atoms with Crippen LogP contribution in [0.3, 0.4) is 0 Å². The summed E-state index contributed by atoms with van der Waals surface area (Å²) in [5, 5.41) is 12.2. The van der Waals surface area contributed by atoms with Gasteiger partial charge in [0.1, 0.15) is 0 Å². The number of carboxylic acid groups (broad SMARTS) is 1. The van der Waals surface area contributed by atoms with Crippen LogP contribution in [-0.4, -0.2) is 31.3 Å². The molecule has 2 N–H and O–H groups in total. The SMILES string of the molecule is COCCC(C)(C)CNCc1ccc(C(=O)O)cc1. The number of rotatable bonds is 8. The molecule has 4 nitrogen and oxygen atoms in total. The maximum Gasteiger partial charge on any atom is 0.335 e. The zero-order chi connectivity index (χ0) is 14.3. The molecule has 0 saturated heterocycles. The van der Waals surface area contributed by atoms with Gasteiger partial charge >= 0.3 is 5.97 Å². The van der Waals surface area contributed by atoms with Gasteiger partial charge in [-0.2, -0.15) is 0 Å². The van der Waals surface area contributed by atoms with E-state index in [4.69, 9.17) is 9.84 Å². The first kappa shape index (κ1) is 15.7. The lowest BCUT2D eigenvalue weighted by molar-refractivity contribution is 0.0697. The molecule has 0 fully saturated rings. The first-order valence-electron chi connectivity index (χ1n) is 6.46. The van der Waals surface area contributed by atoms with Gasteiger partial charge in [-0.25, -0.2) is 4.79 Å². The van der Waals surface area contributed by atoms with Crippen LogP contribution in [0.4, 0.5) is 0 Å². The van der Waals surface area contributed by atoms with Gasteiger partial charge in [0, 0.05) is 26.8 Å². The van der Waals surface area contributed by atoms with Gasteiger partial charge in [-0.15, -0.1) is 0 Å². The van der Waals surface area contributed by atoms with Crippen molar-refractivity contribution >= 4 is 5.97 Å². The molecule has 106 valence electrons. The van der Waals surface area contributed by atoms with E-state index in [-0.39, 0.29) is 5.41 Å². The van der Waals surface area contributed by atoms with Crippen LogP contribution in [0.25, 0.3) is 0 Å². The second-order valence-electron chi connectivity index (χ2n) is 5.51. The Morgan fingerprint density at radius 2 is 1.95 bits per heavy atom. The van der Waals surface area contributed by atoms with E-state index in [2.05, 4.69) is 19.2 Å². The smallest absolute Gasteiger partial charge is 0.335 e. The van der Waals surface area contributed by atoms with Crippen LogP contribution in [0.5, 0.6) is 0 Å². The van der Waals surface area contributed by atoms with Crippen molar-refractivity contribution < 1.29 is 14.6 Å². The molecule has 1 aromatic rings. The third-order valence-corrected chi connectivity index (χ3v) is 3.12. The van der Waals surface area contributed by atoms with Gasteiger partial charge in [0.2, 0.25) is 0 Å². The highest BCUT2D eigenvalue weighted by Gasteiger charge is 2.16. The van der Waals surface area contributed by atoms with Crippen LogP contribution < -0.4 is 5.32 Å². The lowest BCUT2D eigenvalue weighted by atomic mass is 9.89. The highest BCUT2D eigenvalue weighted by molar-refractivity contribution is 5.87. The molecular formula is C15H23NO3. The molecule has 0 radical (unpaired) electrons. The van der Waals surface area contributed by atoms with Crippen molar-refractivity contribution in [3.63, 3.8) is 0 Å². The van der Waals surface area contributed by atoms with Crippen molar-refractivity contribution in [2.75, 3.05) is 20.3 Å². The topological polar surface area (TPSA) is 58.6 Å². The fourth-order valence-corrected chi connectivity index (χ4v) is 1.78. The maximum atomic E-state index is 10.7. The average Bonchev–Trinajstić information content (AvgIpc) is 2.37. The fourth-order valence-electron chi connectivity index (χ4n) is 1.78. The van der Waals surface area contributed by atoms with E-state index < -0.39 is 5.97 Å². The van der Waals surface area contributed by atoms with Gasteiger partial charge in [0.05, 0.1) is 5.56 Å². The minimum atomic E-state index is -0.889. The van der Waals surface area contributed by atoms with Gasteiger partial charge < -0.3 is 15.2 Å². The van der Waals surface area contributed by atoms with Gasteiger partial charge in [-0.3, -0.25) is 0 Å². The van der Waals surface area contributed by atoms with Gasteiger partial charge in [-0.1, -0.05) is 26.0 Å². The number of hydrogen-bond donors (Lipinski definition) is 2. The fraction of sp³-hybridized carbons (Fsp3) is 0.533. The molecule has 1 aromatic carbocycles. The lowest BCUT2D eigenvalue weighted by Gasteiger charge is -2.24. The van der Waals surface area contributed by atoms with E-state index >= 15 is 0 Å². The van der Waals surface area contributed by atoms with Crippen molar-refractivity contribution in [2.45, 2.75) is 26.8 Å². The highest BCUT2D eigenvalue weighted by atomic mass is 16.5. The molecule has 0 aromatic heterocycles. The quantitative estimate of drug-likeness (QED) is 0.758. The van der Waals surface area contributed by atoms with Crippen LogP contribution in [0.1, 0.15) is 36.2 Å². The zero-order valence-electron chi connectivity index (χ0n) is 11.9. The molecule has 0 bridgehead atoms. The predicted molar refractivity (Wildman–Crippen MR) is 75.4 cm³/mol. The summed E-state index contributed by atoms with van der Waals surface area (Å²) < 4.78 is 5.09. The van der Waals surface area contributed by atoms with E-state index in [1.54, 1.807) is 19.2 Å². The number of methoxy groups -OCH3 is 1. The lowest BCUT2D eigenvalue weighted by Crippen LogP contribution is -2.30. The highest BCUT2D eigenvalue weighted by Crippen LogP contribution is 2.18. The molecule has 0 amide bonds. The molecule has 0 atom stereocenters. The number of benzene rings is 1. The van der Waals surface area contributed by atoms with Crippen molar-refractivity contribution in [1.82, 2.24) is 5.32 Å². The molecule has 4 heteroatoms. The Morgan fingerprint density at radius 1 is 1.32 bits per heavy atom. The molecule has 0 aliphatic carbocycles. The Labute approximate surface area is 114 Å². The standard InChI is InChI=1S/C15H23NO3/c1-15(2,8-9-19-3)11-16-10-12-4-6-13(7-5-12)14(17)18/h4-7,16H,8-11H2,1-3H3,(H,17,18). The Hall–Kier alpha value is -1.39. The second-order valence-corrected chi connectivity index (χ2v) is 5.51. The van der Waals surface area contributed by atoms with Crippen LogP contribution in [-0.2, 0) is 11.3 Å². The van der Waals surface area contributed by atoms with E-state index in [1.807, 2.05) is 12.1 Å². The van der Waals surface area contributed by atoms with Crippen molar-refractivity contribution in [3.05, 3.63) is 35.4 Å². The molecule has 1 rings (SSSR count). The number of carboxylic acids is 1. The third-order valence-electron chi connectivity index (χ3n) is 3.12. The predicted octanol–water partition coefficient (Wildman–Crippen LogP) is 2.54. The molecule has 0 saturated carbocycles. The molecule has 0 unspecified atom stereocenters. The molecule has 0 spiro atoms. The molecule has 19 heavy (non-hydrogen) atoms. The van der Waals surface area contributed by atoms with Gasteiger partial charge in [0.25, 0.3) is 0 Å². The number of hydrogen-bond acceptors (Lipinski definition) is 3. The molecule has 0 heterocycles. The molecule has 0 aliphatic heterocycles. The number of aromatic carboxylic acids is 1. The number of nitrogens with one attached hydrogen (secondary N) is 1. The Kier molecular flexibility index (Phi) is 5.99. The van der Waals surface area contributed by atoms with Gasteiger partial charge in [-0.05, 0) is 29.5 Å². The van der Waals surface area contributed by atoms with E-state index in [0.29, 0.717) is 5.56 Å². The monoisotopic (exact) mass is 265 g/mol. The Balaban J connectivity index is 2.38. The van der Waals surface area contributed by atoms with Crippen molar-refractivity contribution in [1.29, 1.82) is 0 Å². The average molecular weight is 265 g/mol. The summed E-state index contributed by atoms with van der Waals surface area (Å²) in [4.78, 5) is 10.7. The number of ether oxygens (including phenoxy) is 1. The normalized spacial score (nSPS) is 11.5. The Bertz CT molecular complexity index is 398. The van der Waals surface area contributed by atoms with Crippen LogP contribution in [0, 0.1) is 5.41 Å². The van der Waals surface area contributed by atoms with E-state index in [0.717, 1.165) is 31.7 Å². The summed E-state index contributed by atoms with van der Waals surface area (Å²) in [5.41, 5.74) is 1.61. The largest absolute Gasteiger partial charge is 0.478 e. The Morgan fingerprint density at radius 3 is 2.47 bits per heavy atom. The summed E-state index contributed by atoms with van der Waals surface area (Å²) in [7, 11) is 1.72. The number of carbonyl (C=O) groups is 1. The summed E-state index contributed by atoms with van der Waals surface area (Å²) in [5.74, 6) is -0.889. The summed E-state index contributed by atoms with van der Waals surface area (Å²) >= 11 is 0. The molecular weight excluding hydrogens is 242 g/mol. The third kappa shape index (κ3) is 5.85. The first-order valence-corrected chi connectivity index (χ1v) is 6.46. The summed E-state index contributed by atoms with van der Waals surface area (Å²) in [6.07, 6.45) is 1.01. The maximum absolute atomic E-state index is 10.7. The first-order chi connectivity index (χ1) is 8.94. The van der Waals surface area contributed by atoms with Crippen molar-refractivity contribution in [3.8, 4) is 0 Å². The summed E-state index contributed by atoms with van der Waals surface area (Å²) in [6.45, 7) is 6.81.